The van der Waals surface area contributed by atoms with Gasteiger partial charge in [-0.1, -0.05) is 0 Å². The van der Waals surface area contributed by atoms with Gasteiger partial charge in [0.15, 0.2) is 0 Å². The highest BCUT2D eigenvalue weighted by atomic mass is 32.2. The SMILES string of the molecule is CNC(=O)c1c(-c2ccc(F)cc2)oc2cc3c(cc12)CN1CCC[C@H]1CN3S(C)(=O)=O. The predicted octanol–water partition coefficient (Wildman–Crippen LogP) is 3.34. The third-order valence-electron chi connectivity index (χ3n) is 6.37. The summed E-state index contributed by atoms with van der Waals surface area (Å²) in [5.74, 6) is -0.387. The van der Waals surface area contributed by atoms with Crippen molar-refractivity contribution < 1.29 is 22.0 Å². The summed E-state index contributed by atoms with van der Waals surface area (Å²) in [6.45, 7) is 1.91. The van der Waals surface area contributed by atoms with Crippen LogP contribution in [0.4, 0.5) is 10.1 Å². The second-order valence-electron chi connectivity index (χ2n) is 8.43. The summed E-state index contributed by atoms with van der Waals surface area (Å²) in [6, 6.07) is 9.48. The fourth-order valence-corrected chi connectivity index (χ4v) is 5.79. The van der Waals surface area contributed by atoms with E-state index in [1.807, 2.05) is 6.07 Å². The predicted molar refractivity (Wildman–Crippen MR) is 121 cm³/mol. The summed E-state index contributed by atoms with van der Waals surface area (Å²) in [5.41, 5.74) is 2.75. The highest BCUT2D eigenvalue weighted by molar-refractivity contribution is 7.92. The molecule has 1 aromatic heterocycles. The van der Waals surface area contributed by atoms with Gasteiger partial charge in [-0.05, 0) is 55.3 Å². The van der Waals surface area contributed by atoms with Crippen LogP contribution >= 0.6 is 0 Å². The molecular weight excluding hydrogens is 433 g/mol. The maximum atomic E-state index is 13.5. The molecule has 1 saturated heterocycles. The third kappa shape index (κ3) is 3.45. The molecule has 2 aliphatic heterocycles. The minimum atomic E-state index is -3.51. The van der Waals surface area contributed by atoms with Crippen molar-refractivity contribution in [2.75, 3.05) is 30.7 Å². The van der Waals surface area contributed by atoms with Gasteiger partial charge in [-0.25, -0.2) is 12.8 Å². The largest absolute Gasteiger partial charge is 0.455 e. The van der Waals surface area contributed by atoms with E-state index in [2.05, 4.69) is 10.2 Å². The zero-order valence-corrected chi connectivity index (χ0v) is 18.7. The zero-order valence-electron chi connectivity index (χ0n) is 17.9. The Balaban J connectivity index is 1.75. The van der Waals surface area contributed by atoms with Crippen LogP contribution in [0, 0.1) is 5.82 Å². The van der Waals surface area contributed by atoms with E-state index in [0.717, 1.165) is 24.9 Å². The lowest BCUT2D eigenvalue weighted by Crippen LogP contribution is -2.39. The molecule has 1 N–H and O–H groups in total. The number of fused-ring (bicyclic) bond motifs is 3. The van der Waals surface area contributed by atoms with Crippen molar-refractivity contribution in [2.24, 2.45) is 0 Å². The van der Waals surface area contributed by atoms with Crippen LogP contribution in [-0.4, -0.2) is 51.7 Å². The van der Waals surface area contributed by atoms with Gasteiger partial charge in [-0.15, -0.1) is 0 Å². The molecule has 1 amide bonds. The highest BCUT2D eigenvalue weighted by Crippen LogP contribution is 2.40. The number of hydrogen-bond donors (Lipinski definition) is 1. The molecule has 5 rings (SSSR count). The number of carbonyl (C=O) groups excluding carboxylic acids is 1. The number of benzene rings is 2. The monoisotopic (exact) mass is 457 g/mol. The topological polar surface area (TPSA) is 82.9 Å². The van der Waals surface area contributed by atoms with Gasteiger partial charge in [0.1, 0.15) is 17.2 Å². The molecule has 7 nitrogen and oxygen atoms in total. The molecular formula is C23H24FN3O4S. The molecule has 32 heavy (non-hydrogen) atoms. The Morgan fingerprint density at radius 1 is 1.22 bits per heavy atom. The molecule has 1 atom stereocenters. The first-order chi connectivity index (χ1) is 15.3. The van der Waals surface area contributed by atoms with Crippen LogP contribution in [0.25, 0.3) is 22.3 Å². The van der Waals surface area contributed by atoms with Crippen molar-refractivity contribution in [1.29, 1.82) is 0 Å². The van der Waals surface area contributed by atoms with Gasteiger partial charge >= 0.3 is 0 Å². The smallest absolute Gasteiger partial charge is 0.255 e. The minimum absolute atomic E-state index is 0.164. The molecule has 9 heteroatoms. The number of sulfonamides is 1. The Morgan fingerprint density at radius 3 is 2.66 bits per heavy atom. The van der Waals surface area contributed by atoms with Crippen LogP contribution in [0.5, 0.6) is 0 Å². The molecule has 3 aromatic rings. The van der Waals surface area contributed by atoms with Crippen molar-refractivity contribution in [3.63, 3.8) is 0 Å². The zero-order chi connectivity index (χ0) is 22.6. The van der Waals surface area contributed by atoms with Crippen LogP contribution in [0.15, 0.2) is 40.8 Å². The van der Waals surface area contributed by atoms with E-state index in [9.17, 15) is 17.6 Å². The maximum absolute atomic E-state index is 13.5. The Hall–Kier alpha value is -2.91. The van der Waals surface area contributed by atoms with Crippen molar-refractivity contribution in [1.82, 2.24) is 10.2 Å². The second kappa shape index (κ2) is 7.60. The number of amides is 1. The van der Waals surface area contributed by atoms with Gasteiger partial charge in [-0.3, -0.25) is 14.0 Å². The van der Waals surface area contributed by atoms with Gasteiger partial charge in [0.05, 0.1) is 17.5 Å². The van der Waals surface area contributed by atoms with E-state index in [4.69, 9.17) is 4.42 Å². The third-order valence-corrected chi connectivity index (χ3v) is 7.51. The minimum Gasteiger partial charge on any atom is -0.455 e. The second-order valence-corrected chi connectivity index (χ2v) is 10.3. The lowest BCUT2D eigenvalue weighted by atomic mass is 10.0. The molecule has 2 aromatic carbocycles. The Morgan fingerprint density at radius 2 is 1.97 bits per heavy atom. The number of hydrogen-bond acceptors (Lipinski definition) is 5. The number of carbonyl (C=O) groups is 1. The summed E-state index contributed by atoms with van der Waals surface area (Å²) in [7, 11) is -1.97. The van der Waals surface area contributed by atoms with Gasteiger partial charge in [-0.2, -0.15) is 0 Å². The van der Waals surface area contributed by atoms with Crippen molar-refractivity contribution in [3.8, 4) is 11.3 Å². The summed E-state index contributed by atoms with van der Waals surface area (Å²) < 4.78 is 46.4. The van der Waals surface area contributed by atoms with Crippen molar-refractivity contribution in [2.45, 2.75) is 25.4 Å². The molecule has 0 saturated carbocycles. The molecule has 168 valence electrons. The number of nitrogens with zero attached hydrogens (tertiary/aromatic N) is 2. The molecule has 1 fully saturated rings. The van der Waals surface area contributed by atoms with Crippen LogP contribution < -0.4 is 9.62 Å². The molecule has 0 spiro atoms. The first kappa shape index (κ1) is 21.0. The number of anilines is 1. The Kier molecular flexibility index (Phi) is 4.98. The quantitative estimate of drug-likeness (QED) is 0.652. The van der Waals surface area contributed by atoms with Crippen LogP contribution in [0.2, 0.25) is 0 Å². The van der Waals surface area contributed by atoms with Crippen LogP contribution in [-0.2, 0) is 16.6 Å². The van der Waals surface area contributed by atoms with E-state index in [0.29, 0.717) is 46.6 Å². The van der Waals surface area contributed by atoms with Crippen LogP contribution in [0.3, 0.4) is 0 Å². The average Bonchev–Trinajstić information content (AvgIpc) is 3.31. The summed E-state index contributed by atoms with van der Waals surface area (Å²) in [4.78, 5) is 15.1. The Labute approximate surface area is 185 Å². The molecule has 0 radical (unpaired) electrons. The summed E-state index contributed by atoms with van der Waals surface area (Å²) >= 11 is 0. The lowest BCUT2D eigenvalue weighted by molar-refractivity contribution is 0.0964. The summed E-state index contributed by atoms with van der Waals surface area (Å²) in [5, 5.41) is 3.26. The van der Waals surface area contributed by atoms with E-state index < -0.39 is 10.0 Å². The van der Waals surface area contributed by atoms with Crippen molar-refractivity contribution >= 4 is 32.6 Å². The Bertz CT molecular complexity index is 1320. The lowest BCUT2D eigenvalue weighted by Gasteiger charge is -2.26. The fraction of sp³-hybridized carbons (Fsp3) is 0.348. The molecule has 0 unspecified atom stereocenters. The van der Waals surface area contributed by atoms with Gasteiger partial charge in [0, 0.05) is 43.2 Å². The van der Waals surface area contributed by atoms with E-state index in [1.165, 1.54) is 22.7 Å². The number of halogens is 1. The number of nitrogens with one attached hydrogen (secondary N) is 1. The molecule has 3 heterocycles. The standard InChI is InChI=1S/C23H24FN3O4S/c1-25-23(28)21-18-10-15-12-26-9-3-4-17(26)13-27(32(2,29)30)19(15)11-20(18)31-22(21)14-5-7-16(24)8-6-14/h5-8,10-11,17H,3-4,9,12-13H2,1-2H3,(H,25,28)/t17-/m0/s1. The first-order valence-corrected chi connectivity index (χ1v) is 12.4. The van der Waals surface area contributed by atoms with Crippen molar-refractivity contribution in [3.05, 3.63) is 53.3 Å². The van der Waals surface area contributed by atoms with E-state index in [-0.39, 0.29) is 17.8 Å². The van der Waals surface area contributed by atoms with E-state index >= 15 is 0 Å². The average molecular weight is 458 g/mol. The number of rotatable bonds is 3. The molecule has 0 aliphatic carbocycles. The molecule has 2 aliphatic rings. The van der Waals surface area contributed by atoms with E-state index in [1.54, 1.807) is 25.2 Å². The normalized spacial score (nSPS) is 19.0. The van der Waals surface area contributed by atoms with Gasteiger partial charge in [0.25, 0.3) is 5.91 Å². The van der Waals surface area contributed by atoms with Gasteiger partial charge in [0.2, 0.25) is 10.0 Å². The number of furan rings is 1. The fourth-order valence-electron chi connectivity index (χ4n) is 4.82. The highest BCUT2D eigenvalue weighted by Gasteiger charge is 2.35. The first-order valence-electron chi connectivity index (χ1n) is 10.6. The van der Waals surface area contributed by atoms with Crippen LogP contribution in [0.1, 0.15) is 28.8 Å². The maximum Gasteiger partial charge on any atom is 0.255 e. The molecule has 0 bridgehead atoms. The summed E-state index contributed by atoms with van der Waals surface area (Å²) in [6.07, 6.45) is 3.20. The van der Waals surface area contributed by atoms with Gasteiger partial charge < -0.3 is 9.73 Å².